The van der Waals surface area contributed by atoms with Crippen molar-refractivity contribution in [3.63, 3.8) is 0 Å². The zero-order valence-electron chi connectivity index (χ0n) is 10.4. The molecule has 0 bridgehead atoms. The first-order valence-corrected chi connectivity index (χ1v) is 6.97. The standard InChI is InChI=1S/C12H11ClN4OS/c1-7-11(13)8(2)17(15-7)6-10-14-12(16-18-10)9-4-3-5-19-9/h3-5H,6H2,1-2H3. The molecule has 98 valence electrons. The molecule has 3 aromatic rings. The number of rotatable bonds is 3. The molecule has 7 heteroatoms. The Bertz CT molecular complexity index is 701. The van der Waals surface area contributed by atoms with Gasteiger partial charge in [0, 0.05) is 0 Å². The lowest BCUT2D eigenvalue weighted by molar-refractivity contribution is 0.364. The van der Waals surface area contributed by atoms with Gasteiger partial charge in [0.1, 0.15) is 6.54 Å². The first kappa shape index (κ1) is 12.4. The summed E-state index contributed by atoms with van der Waals surface area (Å²) in [7, 11) is 0. The summed E-state index contributed by atoms with van der Waals surface area (Å²) in [5, 5.41) is 11.0. The Hall–Kier alpha value is -1.66. The van der Waals surface area contributed by atoms with Gasteiger partial charge >= 0.3 is 0 Å². The predicted molar refractivity (Wildman–Crippen MR) is 73.4 cm³/mol. The van der Waals surface area contributed by atoms with E-state index < -0.39 is 0 Å². The van der Waals surface area contributed by atoms with Gasteiger partial charge in [-0.3, -0.25) is 4.68 Å². The molecular weight excluding hydrogens is 284 g/mol. The topological polar surface area (TPSA) is 56.7 Å². The number of halogens is 1. The summed E-state index contributed by atoms with van der Waals surface area (Å²) in [4.78, 5) is 5.34. The third kappa shape index (κ3) is 2.29. The Morgan fingerprint density at radius 3 is 2.89 bits per heavy atom. The second-order valence-corrected chi connectivity index (χ2v) is 5.46. The van der Waals surface area contributed by atoms with Crippen molar-refractivity contribution in [3.8, 4) is 10.7 Å². The highest BCUT2D eigenvalue weighted by Crippen LogP contribution is 2.23. The average molecular weight is 295 g/mol. The Kier molecular flexibility index (Phi) is 3.12. The normalized spacial score (nSPS) is 11.1. The van der Waals surface area contributed by atoms with E-state index in [1.165, 1.54) is 0 Å². The van der Waals surface area contributed by atoms with Crippen molar-refractivity contribution >= 4 is 22.9 Å². The van der Waals surface area contributed by atoms with Crippen LogP contribution in [0.4, 0.5) is 0 Å². The number of nitrogens with zero attached hydrogens (tertiary/aromatic N) is 4. The minimum absolute atomic E-state index is 0.428. The van der Waals surface area contributed by atoms with Gasteiger partial charge in [0.05, 0.1) is 21.3 Å². The van der Waals surface area contributed by atoms with Gasteiger partial charge < -0.3 is 4.52 Å². The fourth-order valence-corrected chi connectivity index (χ4v) is 2.57. The summed E-state index contributed by atoms with van der Waals surface area (Å²) in [6, 6.07) is 3.91. The summed E-state index contributed by atoms with van der Waals surface area (Å²) < 4.78 is 7.01. The quantitative estimate of drug-likeness (QED) is 0.743. The summed E-state index contributed by atoms with van der Waals surface area (Å²) >= 11 is 7.68. The van der Waals surface area contributed by atoms with Crippen molar-refractivity contribution < 1.29 is 4.52 Å². The fraction of sp³-hybridized carbons (Fsp3) is 0.250. The van der Waals surface area contributed by atoms with E-state index in [-0.39, 0.29) is 0 Å². The van der Waals surface area contributed by atoms with Crippen molar-refractivity contribution in [2.45, 2.75) is 20.4 Å². The van der Waals surface area contributed by atoms with Gasteiger partial charge in [0.2, 0.25) is 11.7 Å². The lowest BCUT2D eigenvalue weighted by Gasteiger charge is -1.98. The van der Waals surface area contributed by atoms with Crippen LogP contribution in [-0.2, 0) is 6.54 Å². The molecule has 3 aromatic heterocycles. The van der Waals surface area contributed by atoms with E-state index in [1.54, 1.807) is 16.0 Å². The highest BCUT2D eigenvalue weighted by atomic mass is 35.5. The number of thiophene rings is 1. The van der Waals surface area contributed by atoms with Crippen LogP contribution in [0, 0.1) is 13.8 Å². The van der Waals surface area contributed by atoms with E-state index in [2.05, 4.69) is 15.2 Å². The lowest BCUT2D eigenvalue weighted by Crippen LogP contribution is -2.04. The minimum Gasteiger partial charge on any atom is -0.337 e. The van der Waals surface area contributed by atoms with Crippen molar-refractivity contribution in [1.82, 2.24) is 19.9 Å². The molecule has 5 nitrogen and oxygen atoms in total. The van der Waals surface area contributed by atoms with Crippen molar-refractivity contribution in [3.05, 3.63) is 39.8 Å². The summed E-state index contributed by atoms with van der Waals surface area (Å²) in [5.74, 6) is 1.13. The number of aromatic nitrogens is 4. The van der Waals surface area contributed by atoms with Crippen molar-refractivity contribution in [2.24, 2.45) is 0 Å². The molecule has 0 N–H and O–H groups in total. The molecule has 0 aromatic carbocycles. The molecule has 0 saturated carbocycles. The Balaban J connectivity index is 1.86. The number of aryl methyl sites for hydroxylation is 1. The van der Waals surface area contributed by atoms with Gasteiger partial charge in [-0.1, -0.05) is 22.8 Å². The molecule has 0 spiro atoms. The molecule has 0 amide bonds. The maximum absolute atomic E-state index is 6.10. The van der Waals surface area contributed by atoms with Crippen LogP contribution in [0.15, 0.2) is 22.0 Å². The van der Waals surface area contributed by atoms with E-state index in [1.807, 2.05) is 31.4 Å². The fourth-order valence-electron chi connectivity index (χ4n) is 1.78. The SMILES string of the molecule is Cc1nn(Cc2nc(-c3cccs3)no2)c(C)c1Cl. The monoisotopic (exact) mass is 294 g/mol. The Morgan fingerprint density at radius 2 is 2.26 bits per heavy atom. The molecule has 0 aliphatic heterocycles. The lowest BCUT2D eigenvalue weighted by atomic mass is 10.4. The molecular formula is C12H11ClN4OS. The van der Waals surface area contributed by atoms with E-state index in [4.69, 9.17) is 16.1 Å². The zero-order valence-corrected chi connectivity index (χ0v) is 12.0. The molecule has 3 heterocycles. The van der Waals surface area contributed by atoms with E-state index in [0.29, 0.717) is 23.3 Å². The molecule has 0 radical (unpaired) electrons. The highest BCUT2D eigenvalue weighted by molar-refractivity contribution is 7.13. The highest BCUT2D eigenvalue weighted by Gasteiger charge is 2.14. The molecule has 19 heavy (non-hydrogen) atoms. The molecule has 0 unspecified atom stereocenters. The van der Waals surface area contributed by atoms with Crippen molar-refractivity contribution in [1.29, 1.82) is 0 Å². The van der Waals surface area contributed by atoms with Gasteiger partial charge in [-0.05, 0) is 25.3 Å². The van der Waals surface area contributed by atoms with E-state index >= 15 is 0 Å². The second-order valence-electron chi connectivity index (χ2n) is 4.13. The van der Waals surface area contributed by atoms with E-state index in [9.17, 15) is 0 Å². The predicted octanol–water partition coefficient (Wildman–Crippen LogP) is 3.31. The third-order valence-electron chi connectivity index (χ3n) is 2.79. The van der Waals surface area contributed by atoms with Crippen LogP contribution < -0.4 is 0 Å². The third-order valence-corrected chi connectivity index (χ3v) is 4.20. The van der Waals surface area contributed by atoms with Crippen LogP contribution in [-0.4, -0.2) is 19.9 Å². The summed E-state index contributed by atoms with van der Waals surface area (Å²) in [6.45, 7) is 4.22. The molecule has 0 fully saturated rings. The smallest absolute Gasteiger partial charge is 0.248 e. The van der Waals surface area contributed by atoms with Crippen molar-refractivity contribution in [2.75, 3.05) is 0 Å². The Labute approximate surface area is 118 Å². The second kappa shape index (κ2) is 4.79. The minimum atomic E-state index is 0.428. The molecule has 0 saturated heterocycles. The first-order valence-electron chi connectivity index (χ1n) is 5.71. The van der Waals surface area contributed by atoms with Gasteiger partial charge in [0.25, 0.3) is 0 Å². The van der Waals surface area contributed by atoms with Crippen LogP contribution in [0.2, 0.25) is 5.02 Å². The summed E-state index contributed by atoms with van der Waals surface area (Å²) in [6.07, 6.45) is 0. The average Bonchev–Trinajstić information content (AvgIpc) is 3.09. The van der Waals surface area contributed by atoms with Crippen LogP contribution in [0.5, 0.6) is 0 Å². The van der Waals surface area contributed by atoms with Crippen LogP contribution in [0.1, 0.15) is 17.3 Å². The number of hydrogen-bond donors (Lipinski definition) is 0. The number of hydrogen-bond acceptors (Lipinski definition) is 5. The zero-order chi connectivity index (χ0) is 13.4. The first-order chi connectivity index (χ1) is 9.15. The van der Waals surface area contributed by atoms with Gasteiger partial charge in [0.15, 0.2) is 0 Å². The molecule has 0 aliphatic rings. The van der Waals surface area contributed by atoms with Gasteiger partial charge in [-0.25, -0.2) is 0 Å². The summed E-state index contributed by atoms with van der Waals surface area (Å²) in [5.41, 5.74) is 1.70. The van der Waals surface area contributed by atoms with Gasteiger partial charge in [-0.2, -0.15) is 10.1 Å². The van der Waals surface area contributed by atoms with E-state index in [0.717, 1.165) is 16.3 Å². The van der Waals surface area contributed by atoms with Crippen LogP contribution >= 0.6 is 22.9 Å². The molecule has 0 aliphatic carbocycles. The van der Waals surface area contributed by atoms with Crippen LogP contribution in [0.25, 0.3) is 10.7 Å². The maximum Gasteiger partial charge on any atom is 0.248 e. The molecule has 3 rings (SSSR count). The largest absolute Gasteiger partial charge is 0.337 e. The maximum atomic E-state index is 6.10. The molecule has 0 atom stereocenters. The van der Waals surface area contributed by atoms with Gasteiger partial charge in [-0.15, -0.1) is 11.3 Å². The Morgan fingerprint density at radius 1 is 1.42 bits per heavy atom. The van der Waals surface area contributed by atoms with Crippen LogP contribution in [0.3, 0.4) is 0 Å².